The van der Waals surface area contributed by atoms with Crippen LogP contribution in [-0.2, 0) is 0 Å². The Bertz CT molecular complexity index is 924. The van der Waals surface area contributed by atoms with Crippen LogP contribution in [0.2, 0.25) is 0 Å². The van der Waals surface area contributed by atoms with Gasteiger partial charge in [0, 0.05) is 18.0 Å². The summed E-state index contributed by atoms with van der Waals surface area (Å²) in [7, 11) is 0. The van der Waals surface area contributed by atoms with Gasteiger partial charge in [0.1, 0.15) is 11.7 Å². The van der Waals surface area contributed by atoms with E-state index >= 15 is 0 Å². The number of benzene rings is 1. The number of halogens is 5. The number of urea groups is 1. The predicted octanol–water partition coefficient (Wildman–Crippen LogP) is 2.79. The molecule has 3 rings (SSSR count). The number of nitrogens with one attached hydrogen (secondary N) is 2. The third-order valence-corrected chi connectivity index (χ3v) is 4.50. The molecule has 1 aromatic heterocycles. The molecule has 1 aliphatic heterocycles. The van der Waals surface area contributed by atoms with Gasteiger partial charge < -0.3 is 20.5 Å². The lowest BCUT2D eigenvalue weighted by Gasteiger charge is -2.45. The minimum Gasteiger partial charge on any atom is -0.435 e. The van der Waals surface area contributed by atoms with Crippen molar-refractivity contribution in [1.29, 1.82) is 0 Å². The van der Waals surface area contributed by atoms with Crippen molar-refractivity contribution in [2.45, 2.75) is 24.6 Å². The fraction of sp³-hybridized carbons (Fsp3) is 0.278. The summed E-state index contributed by atoms with van der Waals surface area (Å²) in [6.45, 7) is -3.12. The number of rotatable bonds is 5. The molecule has 3 N–H and O–H groups in total. The fourth-order valence-electron chi connectivity index (χ4n) is 3.16. The monoisotopic (exact) mass is 431 g/mol. The van der Waals surface area contributed by atoms with Crippen molar-refractivity contribution in [3.63, 3.8) is 0 Å². The van der Waals surface area contributed by atoms with Crippen LogP contribution in [0.4, 0.5) is 26.7 Å². The first-order valence-electron chi connectivity index (χ1n) is 8.39. The van der Waals surface area contributed by atoms with Crippen molar-refractivity contribution >= 4 is 11.8 Å². The molecule has 30 heavy (non-hydrogen) atoms. The molecule has 0 spiro atoms. The Labute approximate surface area is 165 Å². The van der Waals surface area contributed by atoms with Crippen LogP contribution >= 0.6 is 0 Å². The average molecular weight is 431 g/mol. The van der Waals surface area contributed by atoms with Gasteiger partial charge in [-0.25, -0.2) is 4.79 Å². The largest absolute Gasteiger partial charge is 0.437 e. The van der Waals surface area contributed by atoms with Crippen LogP contribution in [0, 0.1) is 5.92 Å². The number of ketones is 1. The van der Waals surface area contributed by atoms with Gasteiger partial charge in [-0.1, -0.05) is 12.1 Å². The standard InChI is InChI=1S/C18H14F5N3O4/c19-15(20)30-11-5-3-9(4-6-11)13-12(14(27)10-2-1-7-24-8-10)17(29,18(21,22)23)26-16(28)25-13/h1-8,12-13,15,29H,(H2,25,26,28)/t12-,13+,17+/m1/s1. The van der Waals surface area contributed by atoms with Gasteiger partial charge in [-0.3, -0.25) is 9.78 Å². The number of hydrogen-bond donors (Lipinski definition) is 3. The number of carbonyl (C=O) groups excluding carboxylic acids is 2. The van der Waals surface area contributed by atoms with Crippen LogP contribution in [0.3, 0.4) is 0 Å². The van der Waals surface area contributed by atoms with Gasteiger partial charge in [-0.05, 0) is 29.8 Å². The summed E-state index contributed by atoms with van der Waals surface area (Å²) in [5.41, 5.74) is -4.17. The van der Waals surface area contributed by atoms with Gasteiger partial charge in [0.25, 0.3) is 0 Å². The quantitative estimate of drug-likeness (QED) is 0.500. The number of ether oxygens (including phenoxy) is 1. The smallest absolute Gasteiger partial charge is 0.435 e. The van der Waals surface area contributed by atoms with Crippen LogP contribution in [0.5, 0.6) is 5.75 Å². The normalized spacial score (nSPS) is 24.2. The highest BCUT2D eigenvalue weighted by atomic mass is 19.4. The molecule has 1 fully saturated rings. The summed E-state index contributed by atoms with van der Waals surface area (Å²) in [6.07, 6.45) is -3.09. The molecule has 0 unspecified atom stereocenters. The summed E-state index contributed by atoms with van der Waals surface area (Å²) in [5.74, 6) is -3.68. The Morgan fingerprint density at radius 1 is 1.20 bits per heavy atom. The predicted molar refractivity (Wildman–Crippen MR) is 90.5 cm³/mol. The van der Waals surface area contributed by atoms with Crippen molar-refractivity contribution in [1.82, 2.24) is 15.6 Å². The first-order valence-corrected chi connectivity index (χ1v) is 8.39. The third kappa shape index (κ3) is 4.03. The molecule has 1 aliphatic rings. The lowest BCUT2D eigenvalue weighted by Crippen LogP contribution is -2.72. The summed E-state index contributed by atoms with van der Waals surface area (Å²) in [6, 6.07) is 3.80. The Morgan fingerprint density at radius 2 is 1.87 bits per heavy atom. The molecule has 2 amide bonds. The third-order valence-electron chi connectivity index (χ3n) is 4.50. The molecule has 0 saturated carbocycles. The maximum absolute atomic E-state index is 13.8. The van der Waals surface area contributed by atoms with E-state index in [1.54, 1.807) is 0 Å². The highest BCUT2D eigenvalue weighted by Gasteiger charge is 2.66. The lowest BCUT2D eigenvalue weighted by molar-refractivity contribution is -0.287. The maximum Gasteiger partial charge on any atom is 0.437 e. The molecule has 7 nitrogen and oxygen atoms in total. The molecule has 0 aliphatic carbocycles. The minimum absolute atomic E-state index is 0.0450. The van der Waals surface area contributed by atoms with Gasteiger partial charge in [0.15, 0.2) is 5.78 Å². The van der Waals surface area contributed by atoms with E-state index in [9.17, 15) is 36.6 Å². The van der Waals surface area contributed by atoms with E-state index in [1.807, 2.05) is 0 Å². The van der Waals surface area contributed by atoms with Crippen LogP contribution in [0.15, 0.2) is 48.8 Å². The average Bonchev–Trinajstić information content (AvgIpc) is 2.67. The fourth-order valence-corrected chi connectivity index (χ4v) is 3.16. The van der Waals surface area contributed by atoms with Crippen molar-refractivity contribution in [2.75, 3.05) is 0 Å². The molecule has 0 bridgehead atoms. The minimum atomic E-state index is -5.41. The molecule has 2 heterocycles. The zero-order valence-corrected chi connectivity index (χ0v) is 14.9. The summed E-state index contributed by atoms with van der Waals surface area (Å²) >= 11 is 0. The molecule has 3 atom stereocenters. The topological polar surface area (TPSA) is 101 Å². The van der Waals surface area contributed by atoms with Crippen molar-refractivity contribution in [3.05, 3.63) is 59.9 Å². The second-order valence-corrected chi connectivity index (χ2v) is 6.37. The first kappa shape index (κ1) is 21.4. The number of Topliss-reactive ketones (excluding diaryl/α,β-unsaturated/α-hetero) is 1. The van der Waals surface area contributed by atoms with Crippen LogP contribution < -0.4 is 15.4 Å². The van der Waals surface area contributed by atoms with E-state index in [0.717, 1.165) is 30.5 Å². The summed E-state index contributed by atoms with van der Waals surface area (Å²) < 4.78 is 70.1. The molecular formula is C18H14F5N3O4. The molecule has 0 radical (unpaired) electrons. The molecular weight excluding hydrogens is 417 g/mol. The van der Waals surface area contributed by atoms with E-state index in [0.29, 0.717) is 0 Å². The van der Waals surface area contributed by atoms with E-state index in [2.05, 4.69) is 15.0 Å². The van der Waals surface area contributed by atoms with E-state index < -0.39 is 42.3 Å². The SMILES string of the molecule is O=C1N[C@@H](c2ccc(OC(F)F)cc2)[C@H](C(=O)c2cccnc2)[C@](O)(C(F)(F)F)N1. The van der Waals surface area contributed by atoms with E-state index in [4.69, 9.17) is 0 Å². The summed E-state index contributed by atoms with van der Waals surface area (Å²) in [4.78, 5) is 28.5. The van der Waals surface area contributed by atoms with Crippen molar-refractivity contribution < 1.29 is 41.4 Å². The first-order chi connectivity index (χ1) is 14.0. The Morgan fingerprint density at radius 3 is 2.40 bits per heavy atom. The highest BCUT2D eigenvalue weighted by molar-refractivity contribution is 6.00. The number of aliphatic hydroxyl groups is 1. The van der Waals surface area contributed by atoms with E-state index in [1.165, 1.54) is 23.6 Å². The number of carbonyl (C=O) groups is 2. The van der Waals surface area contributed by atoms with Gasteiger partial charge in [-0.15, -0.1) is 0 Å². The number of aromatic nitrogens is 1. The number of hydrogen-bond acceptors (Lipinski definition) is 5. The molecule has 1 aromatic carbocycles. The lowest BCUT2D eigenvalue weighted by atomic mass is 9.77. The Kier molecular flexibility index (Phi) is 5.61. The highest BCUT2D eigenvalue weighted by Crippen LogP contribution is 2.44. The maximum atomic E-state index is 13.8. The van der Waals surface area contributed by atoms with E-state index in [-0.39, 0.29) is 16.9 Å². The Balaban J connectivity index is 2.08. The summed E-state index contributed by atoms with van der Waals surface area (Å²) in [5, 5.41) is 14.0. The van der Waals surface area contributed by atoms with Crippen molar-refractivity contribution in [3.8, 4) is 5.75 Å². The van der Waals surface area contributed by atoms with Gasteiger partial charge in [0.2, 0.25) is 5.72 Å². The van der Waals surface area contributed by atoms with Crippen molar-refractivity contribution in [2.24, 2.45) is 5.92 Å². The second kappa shape index (κ2) is 7.86. The number of pyridine rings is 1. The number of alkyl halides is 5. The van der Waals surface area contributed by atoms with Gasteiger partial charge in [-0.2, -0.15) is 22.0 Å². The zero-order chi connectivity index (χ0) is 22.1. The van der Waals surface area contributed by atoms with Crippen LogP contribution in [0.25, 0.3) is 0 Å². The molecule has 1 saturated heterocycles. The molecule has 12 heteroatoms. The molecule has 160 valence electrons. The van der Waals surface area contributed by atoms with Gasteiger partial charge in [0.05, 0.1) is 6.04 Å². The van der Waals surface area contributed by atoms with Crippen LogP contribution in [-0.4, -0.2) is 40.4 Å². The molecule has 2 aromatic rings. The zero-order valence-electron chi connectivity index (χ0n) is 14.9. The number of amides is 2. The van der Waals surface area contributed by atoms with Crippen LogP contribution in [0.1, 0.15) is 22.0 Å². The number of nitrogens with zero attached hydrogens (tertiary/aromatic N) is 1. The second-order valence-electron chi connectivity index (χ2n) is 6.37. The van der Waals surface area contributed by atoms with Gasteiger partial charge >= 0.3 is 18.8 Å². The Hall–Kier alpha value is -3.28.